The molecule has 6 nitrogen and oxygen atoms in total. The first-order valence-electron chi connectivity index (χ1n) is 7.66. The molecule has 23 heavy (non-hydrogen) atoms. The third-order valence-corrected chi connectivity index (χ3v) is 5.89. The lowest BCUT2D eigenvalue weighted by Crippen LogP contribution is -2.49. The first-order valence-corrected chi connectivity index (χ1v) is 9.10. The first kappa shape index (κ1) is 16.2. The second-order valence-corrected chi connectivity index (χ2v) is 7.82. The molecule has 3 rings (SSSR count). The maximum Gasteiger partial charge on any atom is 0.246 e. The third kappa shape index (κ3) is 3.46. The molecule has 2 aromatic rings. The Bertz CT molecular complexity index is 758. The van der Waals surface area contributed by atoms with Crippen molar-refractivity contribution in [3.8, 4) is 0 Å². The summed E-state index contributed by atoms with van der Waals surface area (Å²) in [5.41, 5.74) is 1.08. The molecular formula is C16H21N3O3S. The molecule has 1 aromatic heterocycles. The summed E-state index contributed by atoms with van der Waals surface area (Å²) >= 11 is 0. The molecule has 0 spiro atoms. The minimum Gasteiger partial charge on any atom is -0.375 e. The van der Waals surface area contributed by atoms with Crippen molar-refractivity contribution in [2.45, 2.75) is 37.4 Å². The van der Waals surface area contributed by atoms with Crippen LogP contribution in [-0.2, 0) is 21.3 Å². The summed E-state index contributed by atoms with van der Waals surface area (Å²) in [6, 6.07) is 9.65. The van der Waals surface area contributed by atoms with E-state index in [1.807, 2.05) is 44.2 Å². The normalized spacial score (nSPS) is 23.0. The number of rotatable bonds is 4. The van der Waals surface area contributed by atoms with E-state index in [1.54, 1.807) is 10.9 Å². The van der Waals surface area contributed by atoms with E-state index in [2.05, 4.69) is 5.10 Å². The number of hydrogen-bond acceptors (Lipinski definition) is 4. The van der Waals surface area contributed by atoms with Crippen molar-refractivity contribution in [2.24, 2.45) is 0 Å². The summed E-state index contributed by atoms with van der Waals surface area (Å²) in [7, 11) is -3.55. The summed E-state index contributed by atoms with van der Waals surface area (Å²) < 4.78 is 34.3. The summed E-state index contributed by atoms with van der Waals surface area (Å²) in [6.45, 7) is 5.07. The molecule has 0 bridgehead atoms. The van der Waals surface area contributed by atoms with E-state index in [4.69, 9.17) is 4.74 Å². The van der Waals surface area contributed by atoms with Crippen molar-refractivity contribution in [3.63, 3.8) is 0 Å². The van der Waals surface area contributed by atoms with Crippen LogP contribution in [0.5, 0.6) is 0 Å². The maximum atomic E-state index is 12.8. The molecule has 1 aromatic carbocycles. The van der Waals surface area contributed by atoms with Gasteiger partial charge in [0.25, 0.3) is 0 Å². The molecule has 7 heteroatoms. The van der Waals surface area contributed by atoms with Crippen molar-refractivity contribution in [2.75, 3.05) is 13.2 Å². The van der Waals surface area contributed by atoms with E-state index in [0.717, 1.165) is 5.56 Å². The van der Waals surface area contributed by atoms with Gasteiger partial charge in [-0.15, -0.1) is 0 Å². The van der Waals surface area contributed by atoms with Gasteiger partial charge in [-0.05, 0) is 19.4 Å². The zero-order valence-corrected chi connectivity index (χ0v) is 14.1. The van der Waals surface area contributed by atoms with Crippen molar-refractivity contribution in [1.82, 2.24) is 14.1 Å². The highest BCUT2D eigenvalue weighted by molar-refractivity contribution is 7.89. The van der Waals surface area contributed by atoms with Gasteiger partial charge in [-0.25, -0.2) is 8.42 Å². The first-order chi connectivity index (χ1) is 11.0. The number of nitrogens with zero attached hydrogens (tertiary/aromatic N) is 3. The van der Waals surface area contributed by atoms with Crippen LogP contribution in [0.3, 0.4) is 0 Å². The molecule has 0 saturated carbocycles. The average Bonchev–Trinajstić information content (AvgIpc) is 3.00. The van der Waals surface area contributed by atoms with Crippen LogP contribution >= 0.6 is 0 Å². The number of aromatic nitrogens is 2. The van der Waals surface area contributed by atoms with Gasteiger partial charge in [0.2, 0.25) is 10.0 Å². The monoisotopic (exact) mass is 335 g/mol. The second-order valence-electron chi connectivity index (χ2n) is 5.93. The predicted molar refractivity (Wildman–Crippen MR) is 86.5 cm³/mol. The maximum absolute atomic E-state index is 12.8. The minimum absolute atomic E-state index is 0.0969. The van der Waals surface area contributed by atoms with Crippen molar-refractivity contribution in [3.05, 3.63) is 48.3 Å². The Kier molecular flexibility index (Phi) is 4.52. The molecule has 0 aliphatic carbocycles. The molecule has 0 unspecified atom stereocenters. The van der Waals surface area contributed by atoms with Crippen LogP contribution in [0.2, 0.25) is 0 Å². The molecule has 2 heterocycles. The third-order valence-electron chi connectivity index (χ3n) is 3.95. The molecule has 1 aliphatic rings. The van der Waals surface area contributed by atoms with Crippen LogP contribution in [-0.4, -0.2) is 47.8 Å². The Balaban J connectivity index is 1.81. The molecular weight excluding hydrogens is 314 g/mol. The van der Waals surface area contributed by atoms with E-state index in [0.29, 0.717) is 19.7 Å². The van der Waals surface area contributed by atoms with Gasteiger partial charge in [-0.2, -0.15) is 9.40 Å². The summed E-state index contributed by atoms with van der Waals surface area (Å²) in [5, 5.41) is 4.20. The zero-order chi connectivity index (χ0) is 16.4. The van der Waals surface area contributed by atoms with Gasteiger partial charge in [0.15, 0.2) is 0 Å². The van der Waals surface area contributed by atoms with Crippen LogP contribution < -0.4 is 0 Å². The molecule has 2 atom stereocenters. The molecule has 0 N–H and O–H groups in total. The SMILES string of the molecule is C[C@@H]1CN(S(=O)(=O)c2cnn(Cc3ccccc3)c2)[C@H](C)CO1. The van der Waals surface area contributed by atoms with Crippen molar-refractivity contribution >= 4 is 10.0 Å². The van der Waals surface area contributed by atoms with Crippen LogP contribution in [0.4, 0.5) is 0 Å². The van der Waals surface area contributed by atoms with Gasteiger partial charge in [0.05, 0.1) is 25.5 Å². The number of hydrogen-bond donors (Lipinski definition) is 0. The second kappa shape index (κ2) is 6.43. The quantitative estimate of drug-likeness (QED) is 0.853. The summed E-state index contributed by atoms with van der Waals surface area (Å²) in [4.78, 5) is 0.231. The van der Waals surface area contributed by atoms with Crippen LogP contribution in [0, 0.1) is 0 Å². The van der Waals surface area contributed by atoms with E-state index < -0.39 is 10.0 Å². The number of morpholine rings is 1. The zero-order valence-electron chi connectivity index (χ0n) is 13.3. The van der Waals surface area contributed by atoms with Crippen LogP contribution in [0.15, 0.2) is 47.6 Å². The highest BCUT2D eigenvalue weighted by atomic mass is 32.2. The number of ether oxygens (including phenoxy) is 1. The molecule has 1 saturated heterocycles. The van der Waals surface area contributed by atoms with Crippen LogP contribution in [0.1, 0.15) is 19.4 Å². The van der Waals surface area contributed by atoms with Gasteiger partial charge in [0.1, 0.15) is 4.90 Å². The fraction of sp³-hybridized carbons (Fsp3) is 0.438. The lowest BCUT2D eigenvalue weighted by molar-refractivity contribution is -0.0170. The Hall–Kier alpha value is -1.70. The average molecular weight is 335 g/mol. The standard InChI is InChI=1S/C16H21N3O3S/c1-13-12-22-14(2)9-19(13)23(20,21)16-8-17-18(11-16)10-15-6-4-3-5-7-15/h3-8,11,13-14H,9-10,12H2,1-2H3/t13-,14-/m1/s1. The largest absolute Gasteiger partial charge is 0.375 e. The van der Waals surface area contributed by atoms with Gasteiger partial charge in [-0.1, -0.05) is 30.3 Å². The predicted octanol–water partition coefficient (Wildman–Crippen LogP) is 1.73. The Morgan fingerprint density at radius 2 is 2.00 bits per heavy atom. The Morgan fingerprint density at radius 1 is 1.26 bits per heavy atom. The van der Waals surface area contributed by atoms with Crippen molar-refractivity contribution < 1.29 is 13.2 Å². The Labute approximate surface area is 136 Å². The number of sulfonamides is 1. The highest BCUT2D eigenvalue weighted by Crippen LogP contribution is 2.22. The van der Waals surface area contributed by atoms with Gasteiger partial charge >= 0.3 is 0 Å². The fourth-order valence-electron chi connectivity index (χ4n) is 2.68. The fourth-order valence-corrected chi connectivity index (χ4v) is 4.32. The van der Waals surface area contributed by atoms with Gasteiger partial charge < -0.3 is 4.74 Å². The van der Waals surface area contributed by atoms with E-state index in [9.17, 15) is 8.42 Å². The lowest BCUT2D eigenvalue weighted by Gasteiger charge is -2.35. The van der Waals surface area contributed by atoms with E-state index in [-0.39, 0.29) is 17.0 Å². The van der Waals surface area contributed by atoms with Crippen LogP contribution in [0.25, 0.3) is 0 Å². The summed E-state index contributed by atoms with van der Waals surface area (Å²) in [6.07, 6.45) is 2.92. The number of benzene rings is 1. The van der Waals surface area contributed by atoms with Crippen molar-refractivity contribution in [1.29, 1.82) is 0 Å². The summed E-state index contributed by atoms with van der Waals surface area (Å²) in [5.74, 6) is 0. The van der Waals surface area contributed by atoms with E-state index in [1.165, 1.54) is 10.5 Å². The molecule has 0 radical (unpaired) electrons. The van der Waals surface area contributed by atoms with E-state index >= 15 is 0 Å². The molecule has 0 amide bonds. The minimum atomic E-state index is -3.55. The molecule has 124 valence electrons. The Morgan fingerprint density at radius 3 is 2.74 bits per heavy atom. The highest BCUT2D eigenvalue weighted by Gasteiger charge is 2.34. The molecule has 1 fully saturated rings. The lowest BCUT2D eigenvalue weighted by atomic mass is 10.2. The van der Waals surface area contributed by atoms with Gasteiger partial charge in [0, 0.05) is 18.8 Å². The topological polar surface area (TPSA) is 64.4 Å². The molecule has 1 aliphatic heterocycles. The van der Waals surface area contributed by atoms with Gasteiger partial charge in [-0.3, -0.25) is 4.68 Å². The smallest absolute Gasteiger partial charge is 0.246 e.